The monoisotopic (exact) mass is 296 g/mol. The fraction of sp³-hybridized carbons (Fsp3) is 0.467. The molecule has 1 rings (SSSR count). The summed E-state index contributed by atoms with van der Waals surface area (Å²) in [6, 6.07) is 6.60. The van der Waals surface area contributed by atoms with Crippen LogP contribution >= 0.6 is 0 Å². The summed E-state index contributed by atoms with van der Waals surface area (Å²) in [6.45, 7) is 1.82. The van der Waals surface area contributed by atoms with E-state index in [0.717, 1.165) is 6.26 Å². The lowest BCUT2D eigenvalue weighted by molar-refractivity contribution is 0.126. The van der Waals surface area contributed by atoms with Gasteiger partial charge < -0.3 is 9.84 Å². The largest absolute Gasteiger partial charge is 0.497 e. The van der Waals surface area contributed by atoms with Crippen molar-refractivity contribution in [2.24, 2.45) is 5.92 Å². The van der Waals surface area contributed by atoms with Crippen LogP contribution in [0, 0.1) is 18.3 Å². The molecule has 0 aliphatic heterocycles. The number of rotatable bonds is 6. The Bertz CT molecular complexity index is 569. The molecule has 0 bridgehead atoms. The van der Waals surface area contributed by atoms with Crippen molar-refractivity contribution in [3.63, 3.8) is 0 Å². The zero-order chi connectivity index (χ0) is 15.3. The third-order valence-corrected chi connectivity index (χ3v) is 4.76. The van der Waals surface area contributed by atoms with Gasteiger partial charge in [0.25, 0.3) is 0 Å². The summed E-state index contributed by atoms with van der Waals surface area (Å²) in [5, 5.41) is 9.30. The third kappa shape index (κ3) is 3.75. The molecular formula is C15H20O4S. The van der Waals surface area contributed by atoms with Gasteiger partial charge in [-0.3, -0.25) is 0 Å². The quantitative estimate of drug-likeness (QED) is 0.813. The lowest BCUT2D eigenvalue weighted by Crippen LogP contribution is -2.31. The Hall–Kier alpha value is -1.51. The fourth-order valence-electron chi connectivity index (χ4n) is 2.16. The average molecular weight is 296 g/mol. The van der Waals surface area contributed by atoms with Gasteiger partial charge in [0.05, 0.1) is 13.2 Å². The molecule has 0 radical (unpaired) electrons. The zero-order valence-electron chi connectivity index (χ0n) is 11.9. The Morgan fingerprint density at radius 1 is 1.35 bits per heavy atom. The maximum atomic E-state index is 12.0. The molecule has 0 heterocycles. The van der Waals surface area contributed by atoms with Crippen molar-refractivity contribution in [2.75, 3.05) is 13.4 Å². The molecule has 1 aromatic carbocycles. The smallest absolute Gasteiger partial charge is 0.157 e. The predicted octanol–water partition coefficient (Wildman–Crippen LogP) is 1.80. The van der Waals surface area contributed by atoms with E-state index < -0.39 is 27.1 Å². The number of ether oxygens (including phenoxy) is 1. The summed E-state index contributed by atoms with van der Waals surface area (Å²) in [7, 11) is -1.96. The van der Waals surface area contributed by atoms with Gasteiger partial charge in [0, 0.05) is 12.2 Å². The molecule has 1 aromatic rings. The van der Waals surface area contributed by atoms with Crippen LogP contribution in [0.15, 0.2) is 24.3 Å². The van der Waals surface area contributed by atoms with Gasteiger partial charge in [-0.25, -0.2) is 8.42 Å². The van der Waals surface area contributed by atoms with Crippen molar-refractivity contribution in [3.05, 3.63) is 29.8 Å². The lowest BCUT2D eigenvalue weighted by Gasteiger charge is -2.25. The average Bonchev–Trinajstić information content (AvgIpc) is 2.39. The summed E-state index contributed by atoms with van der Waals surface area (Å²) in [6.07, 6.45) is 5.85. The first-order chi connectivity index (χ1) is 9.35. The minimum absolute atomic E-state index is 0.503. The molecule has 0 saturated heterocycles. The van der Waals surface area contributed by atoms with Gasteiger partial charge in [0.1, 0.15) is 11.0 Å². The van der Waals surface area contributed by atoms with Gasteiger partial charge in [-0.2, -0.15) is 0 Å². The molecule has 4 nitrogen and oxygen atoms in total. The van der Waals surface area contributed by atoms with E-state index in [1.54, 1.807) is 24.3 Å². The molecule has 20 heavy (non-hydrogen) atoms. The van der Waals surface area contributed by atoms with Crippen LogP contribution in [0.4, 0.5) is 0 Å². The Morgan fingerprint density at radius 3 is 2.25 bits per heavy atom. The van der Waals surface area contributed by atoms with Crippen molar-refractivity contribution >= 4 is 9.84 Å². The van der Waals surface area contributed by atoms with Crippen LogP contribution in [-0.2, 0) is 9.84 Å². The molecule has 0 aliphatic rings. The molecule has 0 saturated carbocycles. The van der Waals surface area contributed by atoms with Crippen molar-refractivity contribution in [3.8, 4) is 18.1 Å². The Kier molecular flexibility index (Phi) is 5.61. The van der Waals surface area contributed by atoms with E-state index >= 15 is 0 Å². The fourth-order valence-corrected chi connectivity index (χ4v) is 3.51. The van der Waals surface area contributed by atoms with Gasteiger partial charge in [0.2, 0.25) is 0 Å². The lowest BCUT2D eigenvalue weighted by atomic mass is 9.94. The third-order valence-electron chi connectivity index (χ3n) is 3.28. The second kappa shape index (κ2) is 6.78. The van der Waals surface area contributed by atoms with Crippen LogP contribution < -0.4 is 4.74 Å². The van der Waals surface area contributed by atoms with Crippen LogP contribution in [0.5, 0.6) is 5.75 Å². The number of benzene rings is 1. The summed E-state index contributed by atoms with van der Waals surface area (Å²) in [4.78, 5) is 0. The summed E-state index contributed by atoms with van der Waals surface area (Å²) in [5.41, 5.74) is 0.509. The highest BCUT2D eigenvalue weighted by molar-refractivity contribution is 7.91. The second-order valence-electron chi connectivity index (χ2n) is 4.70. The molecule has 3 atom stereocenters. The van der Waals surface area contributed by atoms with E-state index in [9.17, 15) is 13.5 Å². The Morgan fingerprint density at radius 2 is 1.90 bits per heavy atom. The molecule has 0 amide bonds. The maximum absolute atomic E-state index is 12.0. The number of hydrogen-bond donors (Lipinski definition) is 1. The van der Waals surface area contributed by atoms with Crippen LogP contribution in [0.3, 0.4) is 0 Å². The highest BCUT2D eigenvalue weighted by atomic mass is 32.2. The molecule has 110 valence electrons. The van der Waals surface area contributed by atoms with Crippen LogP contribution in [0.25, 0.3) is 0 Å². The standard InChI is InChI=1S/C15H20O4S/c1-5-11(6-2)14(16)15(20(4,17)18)12-7-9-13(19-3)10-8-12/h1,7-11,14-16H,6H2,2-4H3. The second-order valence-corrected chi connectivity index (χ2v) is 6.86. The van der Waals surface area contributed by atoms with Crippen LogP contribution in [0.2, 0.25) is 0 Å². The van der Waals surface area contributed by atoms with Gasteiger partial charge in [-0.05, 0) is 24.1 Å². The SMILES string of the molecule is C#CC(CC)C(O)C(c1ccc(OC)cc1)S(C)(=O)=O. The number of sulfone groups is 1. The van der Waals surface area contributed by atoms with Crippen molar-refractivity contribution in [1.82, 2.24) is 0 Å². The number of aliphatic hydroxyl groups excluding tert-OH is 1. The number of hydrogen-bond acceptors (Lipinski definition) is 4. The maximum Gasteiger partial charge on any atom is 0.157 e. The predicted molar refractivity (Wildman–Crippen MR) is 79.2 cm³/mol. The van der Waals surface area contributed by atoms with E-state index in [-0.39, 0.29) is 0 Å². The van der Waals surface area contributed by atoms with E-state index in [1.165, 1.54) is 7.11 Å². The Labute approximate surface area is 120 Å². The highest BCUT2D eigenvalue weighted by Crippen LogP contribution is 2.31. The first-order valence-corrected chi connectivity index (χ1v) is 8.27. The molecule has 3 unspecified atom stereocenters. The normalized spacial score (nSPS) is 15.9. The minimum Gasteiger partial charge on any atom is -0.497 e. The van der Waals surface area contributed by atoms with E-state index in [1.807, 2.05) is 6.92 Å². The zero-order valence-corrected chi connectivity index (χ0v) is 12.7. The highest BCUT2D eigenvalue weighted by Gasteiger charge is 2.34. The van der Waals surface area contributed by atoms with Crippen LogP contribution in [-0.4, -0.2) is 33.0 Å². The summed E-state index contributed by atoms with van der Waals surface area (Å²) >= 11 is 0. The van der Waals surface area contributed by atoms with Crippen molar-refractivity contribution < 1.29 is 18.3 Å². The van der Waals surface area contributed by atoms with E-state index in [2.05, 4.69) is 5.92 Å². The topological polar surface area (TPSA) is 63.6 Å². The van der Waals surface area contributed by atoms with Crippen LogP contribution in [0.1, 0.15) is 24.2 Å². The minimum atomic E-state index is -3.49. The molecule has 1 N–H and O–H groups in total. The number of methoxy groups -OCH3 is 1. The van der Waals surface area contributed by atoms with Gasteiger partial charge in [-0.15, -0.1) is 12.3 Å². The van der Waals surface area contributed by atoms with Gasteiger partial charge in [-0.1, -0.05) is 19.1 Å². The van der Waals surface area contributed by atoms with Gasteiger partial charge in [0.15, 0.2) is 9.84 Å². The Balaban J connectivity index is 3.23. The molecule has 0 aromatic heterocycles. The molecule has 5 heteroatoms. The summed E-state index contributed by atoms with van der Waals surface area (Å²) < 4.78 is 29.0. The molecule has 0 fully saturated rings. The van der Waals surface area contributed by atoms with Crippen molar-refractivity contribution in [2.45, 2.75) is 24.7 Å². The van der Waals surface area contributed by atoms with E-state index in [0.29, 0.717) is 17.7 Å². The number of aliphatic hydroxyl groups is 1. The first kappa shape index (κ1) is 16.5. The molecule has 0 spiro atoms. The van der Waals surface area contributed by atoms with E-state index in [4.69, 9.17) is 11.2 Å². The van der Waals surface area contributed by atoms with Gasteiger partial charge >= 0.3 is 0 Å². The first-order valence-electron chi connectivity index (χ1n) is 6.32. The summed E-state index contributed by atoms with van der Waals surface area (Å²) in [5.74, 6) is 2.58. The van der Waals surface area contributed by atoms with Crippen molar-refractivity contribution in [1.29, 1.82) is 0 Å². The molecule has 0 aliphatic carbocycles. The number of terminal acetylenes is 1. The molecular weight excluding hydrogens is 276 g/mol.